The van der Waals surface area contributed by atoms with Crippen LogP contribution in [0.5, 0.6) is 0 Å². The molecule has 20 heavy (non-hydrogen) atoms. The molecule has 1 aromatic carbocycles. The third kappa shape index (κ3) is 2.25. The smallest absolute Gasteiger partial charge is 0.143 e. The van der Waals surface area contributed by atoms with Gasteiger partial charge in [0.15, 0.2) is 0 Å². The SMILES string of the molecule is CC(Nc1ccccc1-n1cnnn1)c1nccn1C. The molecule has 2 heterocycles. The van der Waals surface area contributed by atoms with E-state index in [-0.39, 0.29) is 6.04 Å². The van der Waals surface area contributed by atoms with Gasteiger partial charge in [0.05, 0.1) is 17.4 Å². The highest BCUT2D eigenvalue weighted by Crippen LogP contribution is 2.23. The average Bonchev–Trinajstić information content (AvgIpc) is 3.10. The Morgan fingerprint density at radius 2 is 2.10 bits per heavy atom. The van der Waals surface area contributed by atoms with Crippen LogP contribution in [-0.2, 0) is 7.05 Å². The van der Waals surface area contributed by atoms with Crippen LogP contribution in [-0.4, -0.2) is 29.8 Å². The maximum absolute atomic E-state index is 4.36. The third-order valence-corrected chi connectivity index (χ3v) is 3.12. The summed E-state index contributed by atoms with van der Waals surface area (Å²) in [4.78, 5) is 4.36. The van der Waals surface area contributed by atoms with Crippen LogP contribution in [0.15, 0.2) is 43.0 Å². The number of rotatable bonds is 4. The molecule has 3 aromatic rings. The van der Waals surface area contributed by atoms with E-state index in [0.717, 1.165) is 17.2 Å². The monoisotopic (exact) mass is 269 g/mol. The van der Waals surface area contributed by atoms with Gasteiger partial charge in [0.2, 0.25) is 0 Å². The van der Waals surface area contributed by atoms with Gasteiger partial charge < -0.3 is 9.88 Å². The molecule has 0 amide bonds. The van der Waals surface area contributed by atoms with E-state index in [2.05, 4.69) is 32.7 Å². The van der Waals surface area contributed by atoms with Gasteiger partial charge in [-0.3, -0.25) is 0 Å². The van der Waals surface area contributed by atoms with Crippen molar-refractivity contribution in [2.45, 2.75) is 13.0 Å². The van der Waals surface area contributed by atoms with Gasteiger partial charge in [-0.15, -0.1) is 5.10 Å². The van der Waals surface area contributed by atoms with Crippen molar-refractivity contribution >= 4 is 5.69 Å². The molecule has 0 radical (unpaired) electrons. The van der Waals surface area contributed by atoms with Crippen LogP contribution in [0.25, 0.3) is 5.69 Å². The van der Waals surface area contributed by atoms with Gasteiger partial charge in [-0.1, -0.05) is 12.1 Å². The molecule has 0 aliphatic rings. The van der Waals surface area contributed by atoms with Crippen molar-refractivity contribution in [3.8, 4) is 5.69 Å². The summed E-state index contributed by atoms with van der Waals surface area (Å²) in [7, 11) is 1.98. The van der Waals surface area contributed by atoms with Crippen molar-refractivity contribution in [3.05, 3.63) is 48.8 Å². The van der Waals surface area contributed by atoms with Crippen molar-refractivity contribution in [2.75, 3.05) is 5.32 Å². The highest BCUT2D eigenvalue weighted by atomic mass is 15.5. The van der Waals surface area contributed by atoms with Gasteiger partial charge in [-0.05, 0) is 29.5 Å². The Kier molecular flexibility index (Phi) is 3.16. The molecule has 1 unspecified atom stereocenters. The van der Waals surface area contributed by atoms with Crippen LogP contribution >= 0.6 is 0 Å². The fraction of sp³-hybridized carbons (Fsp3) is 0.231. The third-order valence-electron chi connectivity index (χ3n) is 3.12. The second-order valence-corrected chi connectivity index (χ2v) is 4.53. The summed E-state index contributed by atoms with van der Waals surface area (Å²) in [5.41, 5.74) is 1.86. The number of benzene rings is 1. The molecule has 0 saturated heterocycles. The van der Waals surface area contributed by atoms with Crippen LogP contribution in [0.4, 0.5) is 5.69 Å². The lowest BCUT2D eigenvalue weighted by Crippen LogP contribution is -2.13. The summed E-state index contributed by atoms with van der Waals surface area (Å²) in [6, 6.07) is 7.96. The standard InChI is InChI=1S/C13H15N7/c1-10(13-14-7-8-19(13)2)16-11-5-3-4-6-12(11)20-9-15-17-18-20/h3-10,16H,1-2H3. The fourth-order valence-corrected chi connectivity index (χ4v) is 2.16. The number of aryl methyl sites for hydroxylation is 1. The lowest BCUT2D eigenvalue weighted by Gasteiger charge is -2.17. The van der Waals surface area contributed by atoms with Crippen LogP contribution in [0, 0.1) is 0 Å². The normalized spacial score (nSPS) is 12.3. The first-order chi connectivity index (χ1) is 9.75. The quantitative estimate of drug-likeness (QED) is 0.778. The minimum Gasteiger partial charge on any atom is -0.374 e. The van der Waals surface area contributed by atoms with Crippen LogP contribution in [0.1, 0.15) is 18.8 Å². The largest absolute Gasteiger partial charge is 0.374 e. The Morgan fingerprint density at radius 1 is 1.25 bits per heavy atom. The maximum atomic E-state index is 4.36. The molecule has 0 aliphatic heterocycles. The summed E-state index contributed by atoms with van der Waals surface area (Å²) >= 11 is 0. The number of aromatic nitrogens is 6. The van der Waals surface area contributed by atoms with E-state index in [0.29, 0.717) is 0 Å². The number of para-hydroxylation sites is 2. The van der Waals surface area contributed by atoms with Gasteiger partial charge in [0, 0.05) is 19.4 Å². The minimum atomic E-state index is 0.0765. The van der Waals surface area contributed by atoms with E-state index in [1.165, 1.54) is 0 Å². The highest BCUT2D eigenvalue weighted by Gasteiger charge is 2.13. The van der Waals surface area contributed by atoms with Crippen LogP contribution in [0.3, 0.4) is 0 Å². The molecule has 0 bridgehead atoms. The molecule has 1 N–H and O–H groups in total. The molecule has 0 fully saturated rings. The van der Waals surface area contributed by atoms with Crippen molar-refractivity contribution in [1.29, 1.82) is 0 Å². The molecule has 7 heteroatoms. The molecule has 7 nitrogen and oxygen atoms in total. The van der Waals surface area contributed by atoms with E-state index in [9.17, 15) is 0 Å². The Balaban J connectivity index is 1.90. The average molecular weight is 269 g/mol. The first-order valence-electron chi connectivity index (χ1n) is 6.32. The number of imidazole rings is 1. The zero-order valence-corrected chi connectivity index (χ0v) is 11.3. The van der Waals surface area contributed by atoms with Gasteiger partial charge in [0.25, 0.3) is 0 Å². The van der Waals surface area contributed by atoms with E-state index >= 15 is 0 Å². The topological polar surface area (TPSA) is 73.5 Å². The number of hydrogen-bond acceptors (Lipinski definition) is 5. The minimum absolute atomic E-state index is 0.0765. The number of nitrogens with zero attached hydrogens (tertiary/aromatic N) is 6. The predicted molar refractivity (Wildman–Crippen MR) is 74.4 cm³/mol. The van der Waals surface area contributed by atoms with Crippen LogP contribution < -0.4 is 5.32 Å². The molecule has 102 valence electrons. The summed E-state index contributed by atoms with van der Waals surface area (Å²) < 4.78 is 3.63. The zero-order valence-electron chi connectivity index (χ0n) is 11.3. The number of tetrazole rings is 1. The Morgan fingerprint density at radius 3 is 2.80 bits per heavy atom. The highest BCUT2D eigenvalue weighted by molar-refractivity contribution is 5.60. The van der Waals surface area contributed by atoms with Crippen molar-refractivity contribution in [3.63, 3.8) is 0 Å². The molecule has 1 atom stereocenters. The summed E-state index contributed by atoms with van der Waals surface area (Å²) in [5.74, 6) is 0.969. The summed E-state index contributed by atoms with van der Waals surface area (Å²) in [6.07, 6.45) is 5.30. The molecule has 3 rings (SSSR count). The molecule has 0 aliphatic carbocycles. The van der Waals surface area contributed by atoms with Gasteiger partial charge in [0.1, 0.15) is 12.2 Å². The lowest BCUT2D eigenvalue weighted by atomic mass is 10.2. The molecular formula is C13H15N7. The van der Waals surface area contributed by atoms with Crippen molar-refractivity contribution in [1.82, 2.24) is 29.8 Å². The van der Waals surface area contributed by atoms with E-state index < -0.39 is 0 Å². The summed E-state index contributed by atoms with van der Waals surface area (Å²) in [5, 5.41) is 14.7. The zero-order chi connectivity index (χ0) is 13.9. The molecule has 0 spiro atoms. The molecule has 0 saturated carbocycles. The Bertz CT molecular complexity index is 686. The summed E-state index contributed by atoms with van der Waals surface area (Å²) in [6.45, 7) is 2.07. The number of nitrogens with one attached hydrogen (secondary N) is 1. The van der Waals surface area contributed by atoms with E-state index in [4.69, 9.17) is 0 Å². The lowest BCUT2D eigenvalue weighted by molar-refractivity contribution is 0.718. The predicted octanol–water partition coefficient (Wildman–Crippen LogP) is 1.57. The second-order valence-electron chi connectivity index (χ2n) is 4.53. The van der Waals surface area contributed by atoms with Gasteiger partial charge in [-0.2, -0.15) is 4.68 Å². The Hall–Kier alpha value is -2.70. The first-order valence-corrected chi connectivity index (χ1v) is 6.32. The van der Waals surface area contributed by atoms with E-state index in [1.807, 2.05) is 42.1 Å². The van der Waals surface area contributed by atoms with Crippen LogP contribution in [0.2, 0.25) is 0 Å². The first kappa shape index (κ1) is 12.3. The molecular weight excluding hydrogens is 254 g/mol. The van der Waals surface area contributed by atoms with Gasteiger partial charge in [-0.25, -0.2) is 4.98 Å². The van der Waals surface area contributed by atoms with Crippen molar-refractivity contribution in [2.24, 2.45) is 7.05 Å². The van der Waals surface area contributed by atoms with Crippen molar-refractivity contribution < 1.29 is 0 Å². The molecule has 2 aromatic heterocycles. The Labute approximate surface area is 116 Å². The fourth-order valence-electron chi connectivity index (χ4n) is 2.16. The number of anilines is 1. The second kappa shape index (κ2) is 5.12. The van der Waals surface area contributed by atoms with E-state index in [1.54, 1.807) is 17.2 Å². The maximum Gasteiger partial charge on any atom is 0.143 e. The van der Waals surface area contributed by atoms with Gasteiger partial charge >= 0.3 is 0 Å². The number of hydrogen-bond donors (Lipinski definition) is 1.